The number of thiophene rings is 1. The van der Waals surface area contributed by atoms with Gasteiger partial charge in [-0.1, -0.05) is 13.0 Å². The number of rotatable bonds is 3. The third kappa shape index (κ3) is 2.96. The number of aromatic nitrogens is 3. The summed E-state index contributed by atoms with van der Waals surface area (Å²) in [5, 5.41) is 5.40. The molecule has 0 aliphatic carbocycles. The molecule has 102 valence electrons. The van der Waals surface area contributed by atoms with Crippen molar-refractivity contribution in [1.29, 1.82) is 0 Å². The van der Waals surface area contributed by atoms with Gasteiger partial charge in [0.05, 0.1) is 18.0 Å². The molecule has 0 spiro atoms. The number of nitrogens with zero attached hydrogens (tertiary/aromatic N) is 2. The zero-order valence-corrected chi connectivity index (χ0v) is 12.7. The largest absolute Gasteiger partial charge is 0.316 e. The fraction of sp³-hybridized carbons (Fsp3) is 0.538. The molecule has 1 unspecified atom stereocenters. The Hall–Kier alpha value is -0.980. The second-order valence-corrected chi connectivity index (χ2v) is 6.68. The lowest BCUT2D eigenvalue weighted by molar-refractivity contribution is -0.931. The van der Waals surface area contributed by atoms with E-state index in [9.17, 15) is 0 Å². The molecular formula is C13H19N4S2+. The van der Waals surface area contributed by atoms with Gasteiger partial charge in [-0.15, -0.1) is 11.3 Å². The monoisotopic (exact) mass is 295 g/mol. The maximum atomic E-state index is 5.36. The molecule has 0 bridgehead atoms. The van der Waals surface area contributed by atoms with E-state index in [1.165, 1.54) is 25.9 Å². The minimum absolute atomic E-state index is 0.661. The van der Waals surface area contributed by atoms with Crippen molar-refractivity contribution in [3.8, 4) is 10.7 Å². The average Bonchev–Trinajstić information content (AvgIpc) is 3.00. The van der Waals surface area contributed by atoms with E-state index in [-0.39, 0.29) is 0 Å². The number of aromatic amines is 1. The van der Waals surface area contributed by atoms with Gasteiger partial charge in [0.25, 0.3) is 0 Å². The molecule has 2 aromatic rings. The van der Waals surface area contributed by atoms with Gasteiger partial charge < -0.3 is 4.90 Å². The number of hydrogen-bond acceptors (Lipinski definition) is 3. The molecule has 3 heterocycles. The van der Waals surface area contributed by atoms with E-state index in [1.807, 2.05) is 10.7 Å². The summed E-state index contributed by atoms with van der Waals surface area (Å²) in [5.74, 6) is 1.71. The van der Waals surface area contributed by atoms with Crippen molar-refractivity contribution in [3.05, 3.63) is 22.3 Å². The van der Waals surface area contributed by atoms with Crippen molar-refractivity contribution >= 4 is 23.6 Å². The second-order valence-electron chi connectivity index (χ2n) is 5.37. The van der Waals surface area contributed by atoms with Crippen molar-refractivity contribution in [2.45, 2.75) is 26.4 Å². The SMILES string of the molecule is C[C@@H]1CCC[NH+](Cn2[nH]c(-c3cccs3)nc2=S)C1. The normalized spacial score (nSPS) is 23.6. The zero-order valence-electron chi connectivity index (χ0n) is 11.1. The maximum absolute atomic E-state index is 5.36. The highest BCUT2D eigenvalue weighted by Gasteiger charge is 2.20. The first-order valence-corrected chi connectivity index (χ1v) is 8.05. The molecule has 1 saturated heterocycles. The third-order valence-corrected chi connectivity index (χ3v) is 4.87. The quantitative estimate of drug-likeness (QED) is 0.849. The molecule has 0 radical (unpaired) electrons. The summed E-state index contributed by atoms with van der Waals surface area (Å²) in [6, 6.07) is 4.10. The first kappa shape index (κ1) is 13.0. The minimum Gasteiger partial charge on any atom is -0.316 e. The molecule has 6 heteroatoms. The van der Waals surface area contributed by atoms with Crippen molar-refractivity contribution in [2.24, 2.45) is 5.92 Å². The lowest BCUT2D eigenvalue weighted by atomic mass is 10.0. The van der Waals surface area contributed by atoms with Crippen LogP contribution in [-0.2, 0) is 6.67 Å². The van der Waals surface area contributed by atoms with Gasteiger partial charge in [0.2, 0.25) is 4.77 Å². The Labute approximate surface area is 122 Å². The molecule has 2 N–H and O–H groups in total. The number of quaternary nitrogens is 1. The van der Waals surface area contributed by atoms with Gasteiger partial charge >= 0.3 is 0 Å². The number of nitrogens with one attached hydrogen (secondary N) is 2. The van der Waals surface area contributed by atoms with E-state index in [4.69, 9.17) is 12.2 Å². The third-order valence-electron chi connectivity index (χ3n) is 3.68. The van der Waals surface area contributed by atoms with Gasteiger partial charge in [-0.05, 0) is 36.5 Å². The van der Waals surface area contributed by atoms with Gasteiger partial charge in [-0.3, -0.25) is 5.10 Å². The molecule has 1 aliphatic heterocycles. The molecular weight excluding hydrogens is 276 g/mol. The highest BCUT2D eigenvalue weighted by atomic mass is 32.1. The van der Waals surface area contributed by atoms with Crippen LogP contribution in [0.25, 0.3) is 10.7 Å². The highest BCUT2D eigenvalue weighted by Crippen LogP contribution is 2.20. The molecule has 1 fully saturated rings. The topological polar surface area (TPSA) is 38.0 Å². The van der Waals surface area contributed by atoms with Crippen molar-refractivity contribution in [2.75, 3.05) is 13.1 Å². The number of likely N-dealkylation sites (tertiary alicyclic amines) is 1. The molecule has 0 amide bonds. The number of piperidine rings is 1. The Morgan fingerprint density at radius 3 is 3.26 bits per heavy atom. The van der Waals surface area contributed by atoms with Crippen LogP contribution in [0.4, 0.5) is 0 Å². The summed E-state index contributed by atoms with van der Waals surface area (Å²) in [6.45, 7) is 5.71. The van der Waals surface area contributed by atoms with E-state index >= 15 is 0 Å². The summed E-state index contributed by atoms with van der Waals surface area (Å²) in [4.78, 5) is 7.20. The van der Waals surface area contributed by atoms with E-state index in [0.717, 1.165) is 23.3 Å². The van der Waals surface area contributed by atoms with Crippen LogP contribution in [0.2, 0.25) is 0 Å². The van der Waals surface area contributed by atoms with Crippen LogP contribution in [0, 0.1) is 10.7 Å². The van der Waals surface area contributed by atoms with Crippen LogP contribution < -0.4 is 4.90 Å². The van der Waals surface area contributed by atoms with Gasteiger partial charge in [-0.25, -0.2) is 4.68 Å². The Balaban J connectivity index is 1.76. The molecule has 2 aromatic heterocycles. The van der Waals surface area contributed by atoms with E-state index in [0.29, 0.717) is 4.77 Å². The van der Waals surface area contributed by atoms with Crippen LogP contribution in [0.3, 0.4) is 0 Å². The summed E-state index contributed by atoms with van der Waals surface area (Å²) in [7, 11) is 0. The molecule has 3 rings (SSSR count). The number of hydrogen-bond donors (Lipinski definition) is 2. The average molecular weight is 295 g/mol. The molecule has 19 heavy (non-hydrogen) atoms. The summed E-state index contributed by atoms with van der Waals surface area (Å²) < 4.78 is 2.67. The standard InChI is InChI=1S/C13H18N4S2/c1-10-4-2-6-16(8-10)9-17-13(18)14-12(15-17)11-5-3-7-19-11/h3,5,7,10H,2,4,6,8-9H2,1H3,(H,14,15,18)/p+1/t10-/m1/s1. The molecule has 0 saturated carbocycles. The molecule has 0 aromatic carbocycles. The fourth-order valence-electron chi connectivity index (χ4n) is 2.75. The zero-order chi connectivity index (χ0) is 13.2. The van der Waals surface area contributed by atoms with E-state index < -0.39 is 0 Å². The maximum Gasteiger partial charge on any atom is 0.221 e. The summed E-state index contributed by atoms with van der Waals surface area (Å²) in [6.07, 6.45) is 2.67. The first-order valence-electron chi connectivity index (χ1n) is 6.76. The number of H-pyrrole nitrogens is 1. The Morgan fingerprint density at radius 2 is 2.53 bits per heavy atom. The minimum atomic E-state index is 0.661. The Bertz CT molecular complexity index is 584. The van der Waals surface area contributed by atoms with Crippen molar-refractivity contribution < 1.29 is 4.90 Å². The van der Waals surface area contributed by atoms with E-state index in [1.54, 1.807) is 16.2 Å². The van der Waals surface area contributed by atoms with Gasteiger partial charge in [0.15, 0.2) is 12.5 Å². The van der Waals surface area contributed by atoms with E-state index in [2.05, 4.69) is 28.5 Å². The summed E-state index contributed by atoms with van der Waals surface area (Å²) >= 11 is 7.04. The highest BCUT2D eigenvalue weighted by molar-refractivity contribution is 7.71. The smallest absolute Gasteiger partial charge is 0.221 e. The fourth-order valence-corrected chi connectivity index (χ4v) is 3.62. The van der Waals surface area contributed by atoms with Crippen molar-refractivity contribution in [1.82, 2.24) is 14.8 Å². The van der Waals surface area contributed by atoms with Gasteiger partial charge in [0, 0.05) is 5.92 Å². The van der Waals surface area contributed by atoms with Crippen LogP contribution in [-0.4, -0.2) is 27.9 Å². The first-order chi connectivity index (χ1) is 9.22. The van der Waals surface area contributed by atoms with Crippen LogP contribution in [0.5, 0.6) is 0 Å². The lowest BCUT2D eigenvalue weighted by Crippen LogP contribution is -3.12. The Kier molecular flexibility index (Phi) is 3.81. The molecule has 4 nitrogen and oxygen atoms in total. The van der Waals surface area contributed by atoms with Crippen molar-refractivity contribution in [3.63, 3.8) is 0 Å². The van der Waals surface area contributed by atoms with Crippen LogP contribution in [0.1, 0.15) is 19.8 Å². The van der Waals surface area contributed by atoms with Crippen LogP contribution in [0.15, 0.2) is 17.5 Å². The molecule has 1 aliphatic rings. The predicted molar refractivity (Wildman–Crippen MR) is 79.8 cm³/mol. The van der Waals surface area contributed by atoms with Crippen LogP contribution >= 0.6 is 23.6 Å². The molecule has 2 atom stereocenters. The predicted octanol–water partition coefficient (Wildman–Crippen LogP) is 1.94. The van der Waals surface area contributed by atoms with Gasteiger partial charge in [0.1, 0.15) is 0 Å². The second kappa shape index (κ2) is 5.56. The van der Waals surface area contributed by atoms with Gasteiger partial charge in [-0.2, -0.15) is 4.98 Å². The summed E-state index contributed by atoms with van der Waals surface area (Å²) in [5.41, 5.74) is 0. The Morgan fingerprint density at radius 1 is 1.63 bits per heavy atom. The lowest BCUT2D eigenvalue weighted by Gasteiger charge is -2.27.